The smallest absolute Gasteiger partial charge is 0.220 e. The first kappa shape index (κ1) is 17.4. The molecule has 0 aliphatic heterocycles. The van der Waals surface area contributed by atoms with Gasteiger partial charge in [-0.3, -0.25) is 4.98 Å². The van der Waals surface area contributed by atoms with Crippen molar-refractivity contribution in [2.75, 3.05) is 0 Å². The Bertz CT molecular complexity index is 1160. The van der Waals surface area contributed by atoms with Crippen LogP contribution in [0.2, 0.25) is 0 Å². The predicted molar refractivity (Wildman–Crippen MR) is 113 cm³/mol. The number of hydrogen-bond donors (Lipinski definition) is 0. The average molecular weight is 353 g/mol. The number of fused-ring (bicyclic) bond motifs is 1. The molecule has 0 N–H and O–H groups in total. The molecule has 0 radical (unpaired) electrons. The van der Waals surface area contributed by atoms with Crippen molar-refractivity contribution in [3.05, 3.63) is 83.3 Å². The second-order valence-corrected chi connectivity index (χ2v) is 7.52. The summed E-state index contributed by atoms with van der Waals surface area (Å²) in [4.78, 5) is 4.47. The molecule has 4 aromatic rings. The predicted octanol–water partition coefficient (Wildman–Crippen LogP) is 5.63. The Labute approximate surface area is 161 Å². The summed E-state index contributed by atoms with van der Waals surface area (Å²) in [5.74, 6) is 0. The molecular weight excluding hydrogens is 328 g/mol. The van der Waals surface area contributed by atoms with E-state index in [-0.39, 0.29) is 0 Å². The minimum Gasteiger partial charge on any atom is -0.261 e. The monoisotopic (exact) mass is 353 g/mol. The van der Waals surface area contributed by atoms with Crippen molar-refractivity contribution in [2.45, 2.75) is 27.7 Å². The molecule has 2 heterocycles. The summed E-state index contributed by atoms with van der Waals surface area (Å²) >= 11 is 0. The molecule has 0 bridgehead atoms. The normalized spacial score (nSPS) is 11.1. The lowest BCUT2D eigenvalue weighted by Crippen LogP contribution is -2.30. The zero-order valence-electron chi connectivity index (χ0n) is 16.7. The lowest BCUT2D eigenvalue weighted by atomic mass is 9.93. The van der Waals surface area contributed by atoms with Gasteiger partial charge in [0.2, 0.25) is 5.69 Å². The summed E-state index contributed by atoms with van der Waals surface area (Å²) in [5, 5.41) is 2.52. The molecule has 0 aliphatic rings. The molecule has 2 aromatic carbocycles. The van der Waals surface area contributed by atoms with Crippen LogP contribution in [0.15, 0.2) is 60.9 Å². The van der Waals surface area contributed by atoms with Crippen molar-refractivity contribution in [1.82, 2.24) is 4.98 Å². The van der Waals surface area contributed by atoms with E-state index in [0.717, 1.165) is 11.3 Å². The minimum atomic E-state index is 1.04. The number of aryl methyl sites for hydroxylation is 4. The number of hydrogen-bond acceptors (Lipinski definition) is 1. The lowest BCUT2D eigenvalue weighted by molar-refractivity contribution is -0.659. The van der Waals surface area contributed by atoms with Crippen LogP contribution < -0.4 is 4.57 Å². The van der Waals surface area contributed by atoms with Gasteiger partial charge in [-0.2, -0.15) is 0 Å². The van der Waals surface area contributed by atoms with Gasteiger partial charge in [-0.1, -0.05) is 29.8 Å². The van der Waals surface area contributed by atoms with Crippen molar-refractivity contribution >= 4 is 10.8 Å². The maximum atomic E-state index is 4.47. The highest BCUT2D eigenvalue weighted by Gasteiger charge is 2.19. The van der Waals surface area contributed by atoms with Gasteiger partial charge in [0.05, 0.1) is 10.9 Å². The van der Waals surface area contributed by atoms with Crippen molar-refractivity contribution in [2.24, 2.45) is 7.05 Å². The molecule has 0 spiro atoms. The van der Waals surface area contributed by atoms with Gasteiger partial charge in [-0.05, 0) is 68.0 Å². The van der Waals surface area contributed by atoms with Gasteiger partial charge in [0, 0.05) is 23.5 Å². The van der Waals surface area contributed by atoms with Gasteiger partial charge < -0.3 is 0 Å². The van der Waals surface area contributed by atoms with E-state index in [2.05, 4.69) is 92.1 Å². The third-order valence-electron chi connectivity index (χ3n) is 5.45. The van der Waals surface area contributed by atoms with E-state index in [1.54, 1.807) is 0 Å². The molecule has 0 fully saturated rings. The SMILES string of the molecule is Cc1cc(C)c(C)c(-c2c3cc(-c4ccc(C)nc4)ccc3cc[n+]2C)c1. The summed E-state index contributed by atoms with van der Waals surface area (Å²) in [7, 11) is 2.13. The van der Waals surface area contributed by atoms with Gasteiger partial charge in [0.15, 0.2) is 6.20 Å². The molecule has 0 unspecified atom stereocenters. The maximum Gasteiger partial charge on any atom is 0.220 e. The van der Waals surface area contributed by atoms with Gasteiger partial charge in [0.25, 0.3) is 0 Å². The van der Waals surface area contributed by atoms with Crippen LogP contribution in [0.3, 0.4) is 0 Å². The lowest BCUT2D eigenvalue weighted by Gasteiger charge is -2.12. The number of rotatable bonds is 2. The number of benzene rings is 2. The Morgan fingerprint density at radius 3 is 2.33 bits per heavy atom. The molecule has 2 aromatic heterocycles. The molecule has 0 saturated carbocycles. The van der Waals surface area contributed by atoms with E-state index in [1.807, 2.05) is 13.1 Å². The third kappa shape index (κ3) is 3.12. The van der Waals surface area contributed by atoms with Gasteiger partial charge >= 0.3 is 0 Å². The number of nitrogens with zero attached hydrogens (tertiary/aromatic N) is 2. The quantitative estimate of drug-likeness (QED) is 0.427. The zero-order chi connectivity index (χ0) is 19.1. The highest BCUT2D eigenvalue weighted by atomic mass is 14.9. The molecule has 27 heavy (non-hydrogen) atoms. The van der Waals surface area contributed by atoms with Gasteiger partial charge in [-0.15, -0.1) is 0 Å². The zero-order valence-corrected chi connectivity index (χ0v) is 16.7. The first-order valence-electron chi connectivity index (χ1n) is 9.37. The van der Waals surface area contributed by atoms with Crippen LogP contribution in [0.1, 0.15) is 22.4 Å². The molecule has 0 aliphatic carbocycles. The molecule has 2 nitrogen and oxygen atoms in total. The topological polar surface area (TPSA) is 16.8 Å². The van der Waals surface area contributed by atoms with Crippen molar-refractivity contribution in [3.63, 3.8) is 0 Å². The molecule has 2 heteroatoms. The largest absolute Gasteiger partial charge is 0.261 e. The fourth-order valence-electron chi connectivity index (χ4n) is 3.80. The minimum absolute atomic E-state index is 1.04. The molecule has 0 amide bonds. The van der Waals surface area contributed by atoms with Crippen LogP contribution in [-0.4, -0.2) is 4.98 Å². The Kier molecular flexibility index (Phi) is 4.27. The van der Waals surface area contributed by atoms with E-state index in [9.17, 15) is 0 Å². The fourth-order valence-corrected chi connectivity index (χ4v) is 3.80. The molecule has 0 atom stereocenters. The highest BCUT2D eigenvalue weighted by Crippen LogP contribution is 2.32. The second kappa shape index (κ2) is 6.62. The Balaban J connectivity index is 2.02. The molecule has 4 rings (SSSR count). The Morgan fingerprint density at radius 2 is 1.59 bits per heavy atom. The number of aromatic nitrogens is 2. The average Bonchev–Trinajstić information content (AvgIpc) is 2.65. The third-order valence-corrected chi connectivity index (χ3v) is 5.45. The van der Waals surface area contributed by atoms with E-state index < -0.39 is 0 Å². The number of pyridine rings is 2. The van der Waals surface area contributed by atoms with E-state index in [4.69, 9.17) is 0 Å². The van der Waals surface area contributed by atoms with Crippen LogP contribution in [0.25, 0.3) is 33.2 Å². The summed E-state index contributed by atoms with van der Waals surface area (Å²) in [6.45, 7) is 8.60. The summed E-state index contributed by atoms with van der Waals surface area (Å²) in [5.41, 5.74) is 9.92. The first-order chi connectivity index (χ1) is 12.9. The van der Waals surface area contributed by atoms with E-state index in [0.29, 0.717) is 0 Å². The fraction of sp³-hybridized carbons (Fsp3) is 0.200. The second-order valence-electron chi connectivity index (χ2n) is 7.52. The van der Waals surface area contributed by atoms with Crippen molar-refractivity contribution in [1.29, 1.82) is 0 Å². The molecule has 134 valence electrons. The van der Waals surface area contributed by atoms with Crippen molar-refractivity contribution < 1.29 is 4.57 Å². The summed E-state index contributed by atoms with van der Waals surface area (Å²) < 4.78 is 2.24. The highest BCUT2D eigenvalue weighted by molar-refractivity contribution is 5.96. The van der Waals surface area contributed by atoms with Crippen LogP contribution >= 0.6 is 0 Å². The Hall–Kier alpha value is -3.00. The van der Waals surface area contributed by atoms with Crippen LogP contribution in [-0.2, 0) is 7.05 Å². The first-order valence-corrected chi connectivity index (χ1v) is 9.37. The summed E-state index contributed by atoms with van der Waals surface area (Å²) in [6.07, 6.45) is 4.11. The van der Waals surface area contributed by atoms with Crippen LogP contribution in [0.5, 0.6) is 0 Å². The standard InChI is InChI=1S/C25H25N2/c1-16-12-17(2)19(4)23(13-16)25-24-14-21(22-7-6-18(3)26-15-22)9-8-20(24)10-11-27(25)5/h6-15H,1-5H3/q+1. The van der Waals surface area contributed by atoms with Crippen LogP contribution in [0.4, 0.5) is 0 Å². The Morgan fingerprint density at radius 1 is 0.815 bits per heavy atom. The maximum absolute atomic E-state index is 4.47. The van der Waals surface area contributed by atoms with E-state index >= 15 is 0 Å². The molecule has 0 saturated heterocycles. The molecular formula is C25H25N2+. The summed E-state index contributed by atoms with van der Waals surface area (Å²) in [6, 6.07) is 17.7. The van der Waals surface area contributed by atoms with Crippen LogP contribution in [0, 0.1) is 27.7 Å². The van der Waals surface area contributed by atoms with Crippen molar-refractivity contribution in [3.8, 4) is 22.4 Å². The van der Waals surface area contributed by atoms with Gasteiger partial charge in [-0.25, -0.2) is 4.57 Å². The van der Waals surface area contributed by atoms with E-state index in [1.165, 1.54) is 44.3 Å². The van der Waals surface area contributed by atoms with Gasteiger partial charge in [0.1, 0.15) is 7.05 Å².